The lowest BCUT2D eigenvalue weighted by molar-refractivity contribution is -0.174. The highest BCUT2D eigenvalue weighted by molar-refractivity contribution is 5.90. The first-order chi connectivity index (χ1) is 12.1. The van der Waals surface area contributed by atoms with Gasteiger partial charge in [0.15, 0.2) is 0 Å². The number of carbonyl (C=O) groups is 1. The monoisotopic (exact) mass is 343 g/mol. The van der Waals surface area contributed by atoms with Crippen molar-refractivity contribution in [2.45, 2.75) is 56.6 Å². The van der Waals surface area contributed by atoms with Crippen molar-refractivity contribution in [3.8, 4) is 0 Å². The second kappa shape index (κ2) is 6.69. The number of likely N-dealkylation sites (tertiary alicyclic amines) is 1. The third-order valence-electron chi connectivity index (χ3n) is 6.87. The lowest BCUT2D eigenvalue weighted by Crippen LogP contribution is -2.60. The van der Waals surface area contributed by atoms with Gasteiger partial charge in [0.25, 0.3) is 5.91 Å². The number of fused-ring (bicyclic) bond motifs is 2. The van der Waals surface area contributed by atoms with E-state index in [1.807, 2.05) is 19.2 Å². The lowest BCUT2D eigenvalue weighted by Gasteiger charge is -2.56. The molecule has 3 atom stereocenters. The third-order valence-corrected chi connectivity index (χ3v) is 6.87. The summed E-state index contributed by atoms with van der Waals surface area (Å²) in [6, 6.07) is 4.64. The van der Waals surface area contributed by atoms with E-state index in [-0.39, 0.29) is 5.60 Å². The number of methoxy groups -OCH3 is 1. The average molecular weight is 343 g/mol. The topological polar surface area (TPSA) is 68.5 Å². The third kappa shape index (κ3) is 2.77. The molecule has 0 radical (unpaired) electrons. The summed E-state index contributed by atoms with van der Waals surface area (Å²) >= 11 is 0. The second-order valence-electron chi connectivity index (χ2n) is 8.01. The smallest absolute Gasteiger partial charge is 0.267 e. The van der Waals surface area contributed by atoms with E-state index in [0.29, 0.717) is 17.5 Å². The Labute approximate surface area is 149 Å². The molecule has 136 valence electrons. The molecule has 0 aromatic carbocycles. The van der Waals surface area contributed by atoms with Crippen molar-refractivity contribution in [2.24, 2.45) is 17.6 Å². The number of primary amides is 1. The summed E-state index contributed by atoms with van der Waals surface area (Å²) in [5.41, 5.74) is 6.58. The van der Waals surface area contributed by atoms with Gasteiger partial charge in [-0.1, -0.05) is 19.3 Å². The summed E-state index contributed by atoms with van der Waals surface area (Å²) in [5, 5.41) is 0. The van der Waals surface area contributed by atoms with E-state index in [9.17, 15) is 4.79 Å². The lowest BCUT2D eigenvalue weighted by atomic mass is 9.62. The molecule has 5 nitrogen and oxygen atoms in total. The Balaban J connectivity index is 1.69. The van der Waals surface area contributed by atoms with Gasteiger partial charge < -0.3 is 10.5 Å². The number of piperidine rings is 1. The van der Waals surface area contributed by atoms with Crippen LogP contribution in [0.15, 0.2) is 18.3 Å². The molecule has 0 spiro atoms. The predicted molar refractivity (Wildman–Crippen MR) is 96.1 cm³/mol. The van der Waals surface area contributed by atoms with E-state index >= 15 is 0 Å². The fourth-order valence-electron chi connectivity index (χ4n) is 5.77. The summed E-state index contributed by atoms with van der Waals surface area (Å²) in [6.07, 6.45) is 10.8. The highest BCUT2D eigenvalue weighted by Gasteiger charge is 2.54. The zero-order chi connectivity index (χ0) is 17.4. The minimum absolute atomic E-state index is 0.305. The van der Waals surface area contributed by atoms with E-state index < -0.39 is 5.91 Å². The SMILES string of the molecule is COC1(c2ccnc(C(N)=O)c2)[C@@H]2CCC[C@H]1CN(C1CCCC1)C2. The zero-order valence-corrected chi connectivity index (χ0v) is 15.1. The van der Waals surface area contributed by atoms with E-state index in [1.54, 1.807) is 6.20 Å². The van der Waals surface area contributed by atoms with Crippen molar-refractivity contribution in [3.05, 3.63) is 29.6 Å². The number of carbonyl (C=O) groups excluding carboxylic acids is 1. The molecule has 4 rings (SSSR count). The maximum absolute atomic E-state index is 11.6. The van der Waals surface area contributed by atoms with Crippen LogP contribution in [0.3, 0.4) is 0 Å². The number of rotatable bonds is 4. The van der Waals surface area contributed by atoms with Gasteiger partial charge in [-0.3, -0.25) is 14.7 Å². The van der Waals surface area contributed by atoms with Crippen LogP contribution in [0.2, 0.25) is 0 Å². The maximum atomic E-state index is 11.6. The molecule has 1 unspecified atom stereocenters. The Morgan fingerprint density at radius 2 is 1.88 bits per heavy atom. The van der Waals surface area contributed by atoms with Gasteiger partial charge in [0.2, 0.25) is 0 Å². The Bertz CT molecular complexity index is 628. The van der Waals surface area contributed by atoms with Crippen LogP contribution >= 0.6 is 0 Å². The molecule has 2 N–H and O–H groups in total. The maximum Gasteiger partial charge on any atom is 0.267 e. The molecule has 1 aliphatic heterocycles. The van der Waals surface area contributed by atoms with Gasteiger partial charge >= 0.3 is 0 Å². The van der Waals surface area contributed by atoms with Crippen LogP contribution in [0.5, 0.6) is 0 Å². The van der Waals surface area contributed by atoms with Crippen LogP contribution in [0.25, 0.3) is 0 Å². The van der Waals surface area contributed by atoms with Crippen molar-refractivity contribution < 1.29 is 9.53 Å². The molecule has 5 heteroatoms. The van der Waals surface area contributed by atoms with E-state index in [4.69, 9.17) is 10.5 Å². The number of ether oxygens (including phenoxy) is 1. The molecular weight excluding hydrogens is 314 g/mol. The molecular formula is C20H29N3O2. The van der Waals surface area contributed by atoms with Gasteiger partial charge in [-0.15, -0.1) is 0 Å². The minimum Gasteiger partial charge on any atom is -0.373 e. The number of hydrogen-bond acceptors (Lipinski definition) is 4. The van der Waals surface area contributed by atoms with Gasteiger partial charge in [-0.25, -0.2) is 0 Å². The van der Waals surface area contributed by atoms with Crippen molar-refractivity contribution in [1.82, 2.24) is 9.88 Å². The number of nitrogens with two attached hydrogens (primary N) is 1. The summed E-state index contributed by atoms with van der Waals surface area (Å²) in [7, 11) is 1.83. The van der Waals surface area contributed by atoms with Gasteiger partial charge in [0, 0.05) is 44.3 Å². The van der Waals surface area contributed by atoms with Crippen LogP contribution in [0, 0.1) is 11.8 Å². The fraction of sp³-hybridized carbons (Fsp3) is 0.700. The zero-order valence-electron chi connectivity index (χ0n) is 15.1. The van der Waals surface area contributed by atoms with E-state index in [1.165, 1.54) is 44.9 Å². The van der Waals surface area contributed by atoms with Crippen LogP contribution in [0.4, 0.5) is 0 Å². The van der Waals surface area contributed by atoms with Crippen molar-refractivity contribution >= 4 is 5.91 Å². The first kappa shape index (κ1) is 17.0. The van der Waals surface area contributed by atoms with E-state index in [0.717, 1.165) is 24.7 Å². The van der Waals surface area contributed by atoms with Gasteiger partial charge in [-0.2, -0.15) is 0 Å². The standard InChI is InChI=1S/C20H29N3O2/c1-25-20(14-9-10-22-18(11-14)19(21)24)15-5-4-6-16(20)13-23(12-15)17-7-2-3-8-17/h9-11,15-17H,2-8,12-13H2,1H3,(H2,21,24)/t15-,16+,20?. The molecule has 25 heavy (non-hydrogen) atoms. The van der Waals surface area contributed by atoms with Crippen molar-refractivity contribution in [3.63, 3.8) is 0 Å². The average Bonchev–Trinajstić information content (AvgIpc) is 3.15. The molecule has 2 saturated carbocycles. The fourth-order valence-corrected chi connectivity index (χ4v) is 5.77. The van der Waals surface area contributed by atoms with Crippen molar-refractivity contribution in [2.75, 3.05) is 20.2 Å². The van der Waals surface area contributed by atoms with Crippen molar-refractivity contribution in [1.29, 1.82) is 0 Å². The van der Waals surface area contributed by atoms with E-state index in [2.05, 4.69) is 9.88 Å². The van der Waals surface area contributed by atoms with Gasteiger partial charge in [0.05, 0.1) is 0 Å². The van der Waals surface area contributed by atoms with Gasteiger partial charge in [0.1, 0.15) is 11.3 Å². The largest absolute Gasteiger partial charge is 0.373 e. The molecule has 1 amide bonds. The normalized spacial score (nSPS) is 33.5. The molecule has 1 saturated heterocycles. The summed E-state index contributed by atoms with van der Waals surface area (Å²) in [6.45, 7) is 2.20. The number of aromatic nitrogens is 1. The summed E-state index contributed by atoms with van der Waals surface area (Å²) in [4.78, 5) is 18.5. The Morgan fingerprint density at radius 1 is 1.20 bits per heavy atom. The molecule has 1 aromatic heterocycles. The van der Waals surface area contributed by atoms with Crippen LogP contribution in [0.1, 0.15) is 61.0 Å². The molecule has 2 aliphatic carbocycles. The number of amides is 1. The van der Waals surface area contributed by atoms with Gasteiger partial charge in [-0.05, 0) is 43.4 Å². The van der Waals surface area contributed by atoms with Crippen LogP contribution in [-0.4, -0.2) is 42.0 Å². The highest BCUT2D eigenvalue weighted by atomic mass is 16.5. The summed E-state index contributed by atoms with van der Waals surface area (Å²) in [5.74, 6) is 0.462. The Hall–Kier alpha value is -1.46. The summed E-state index contributed by atoms with van der Waals surface area (Å²) < 4.78 is 6.27. The molecule has 2 bridgehead atoms. The Kier molecular flexibility index (Phi) is 4.54. The Morgan fingerprint density at radius 3 is 2.48 bits per heavy atom. The van der Waals surface area contributed by atoms with Crippen LogP contribution < -0.4 is 5.73 Å². The number of hydrogen-bond donors (Lipinski definition) is 1. The van der Waals surface area contributed by atoms with Crippen LogP contribution in [-0.2, 0) is 10.3 Å². The number of pyridine rings is 1. The molecule has 3 aliphatic rings. The second-order valence-corrected chi connectivity index (χ2v) is 8.01. The highest BCUT2D eigenvalue weighted by Crippen LogP contribution is 2.52. The molecule has 1 aromatic rings. The number of nitrogens with zero attached hydrogens (tertiary/aromatic N) is 2. The molecule has 3 fully saturated rings. The quantitative estimate of drug-likeness (QED) is 0.913. The first-order valence-electron chi connectivity index (χ1n) is 9.70. The minimum atomic E-state index is -0.471. The first-order valence-corrected chi connectivity index (χ1v) is 9.70. The molecule has 2 heterocycles. The predicted octanol–water partition coefficient (Wildman–Crippen LogP) is 2.70.